The molecule has 0 aromatic heterocycles. The Bertz CT molecular complexity index is 1220. The van der Waals surface area contributed by atoms with E-state index in [0.717, 1.165) is 75.8 Å². The van der Waals surface area contributed by atoms with Crippen molar-refractivity contribution in [2.45, 2.75) is 75.7 Å². The number of nitrogens with two attached hydrogens (primary N) is 1. The van der Waals surface area contributed by atoms with Crippen LogP contribution in [0.15, 0.2) is 54.6 Å². The predicted octanol–water partition coefficient (Wildman–Crippen LogP) is 2.45. The van der Waals surface area contributed by atoms with Gasteiger partial charge in [-0.25, -0.2) is 8.93 Å². The molecule has 2 fully saturated rings. The second-order valence-electron chi connectivity index (χ2n) is 12.1. The summed E-state index contributed by atoms with van der Waals surface area (Å²) in [5.41, 5.74) is 8.01. The summed E-state index contributed by atoms with van der Waals surface area (Å²) in [6, 6.07) is 15.4. The normalized spacial score (nSPS) is 18.2. The molecule has 8 N–H and O–H groups in total. The average Bonchev–Trinajstić information content (AvgIpc) is 3.05. The second kappa shape index (κ2) is 18.0. The molecular weight excluding hydrogens is 574 g/mol. The Morgan fingerprint density at radius 1 is 0.818 bits per heavy atom. The van der Waals surface area contributed by atoms with Gasteiger partial charge in [0.15, 0.2) is 0 Å². The van der Waals surface area contributed by atoms with Crippen LogP contribution in [0.2, 0.25) is 0 Å². The first-order valence-electron chi connectivity index (χ1n) is 16.0. The highest BCUT2D eigenvalue weighted by molar-refractivity contribution is 7.82. The predicted molar refractivity (Wildman–Crippen MR) is 176 cm³/mol. The van der Waals surface area contributed by atoms with Crippen molar-refractivity contribution in [3.63, 3.8) is 0 Å². The van der Waals surface area contributed by atoms with Gasteiger partial charge in [-0.3, -0.25) is 15.0 Å². The van der Waals surface area contributed by atoms with E-state index in [2.05, 4.69) is 26.0 Å². The standard InChI is InChI=1S/C33H49N7O3S/c34-31(35)28-10-6-26(7-11-28)22-38-32(41)29(12-8-24-14-18-36-19-15-24)39-33(42)30(13-9-25-16-20-37-21-17-25)40-44(43)23-27-4-2-1-3-5-27/h1-7,10-11,24-25,29-30,36-37,40H,8-9,12-23H2,(H3,34,35)(H,38,41)(H,39,42). The van der Waals surface area contributed by atoms with Crippen LogP contribution in [-0.2, 0) is 32.9 Å². The zero-order valence-electron chi connectivity index (χ0n) is 25.6. The van der Waals surface area contributed by atoms with E-state index < -0.39 is 23.1 Å². The lowest BCUT2D eigenvalue weighted by Gasteiger charge is -2.27. The van der Waals surface area contributed by atoms with Crippen molar-refractivity contribution < 1.29 is 13.8 Å². The van der Waals surface area contributed by atoms with Gasteiger partial charge in [-0.05, 0) is 101 Å². The molecule has 2 amide bonds. The zero-order chi connectivity index (χ0) is 31.1. The number of carbonyl (C=O) groups is 2. The van der Waals surface area contributed by atoms with Crippen LogP contribution < -0.4 is 31.7 Å². The van der Waals surface area contributed by atoms with Crippen molar-refractivity contribution in [3.8, 4) is 0 Å². The number of rotatable bonds is 16. The third-order valence-electron chi connectivity index (χ3n) is 8.74. The highest BCUT2D eigenvalue weighted by Crippen LogP contribution is 2.21. The maximum absolute atomic E-state index is 13.8. The topological polar surface area (TPSA) is 161 Å². The average molecular weight is 624 g/mol. The van der Waals surface area contributed by atoms with Crippen LogP contribution in [0.5, 0.6) is 0 Å². The Kier molecular flexibility index (Phi) is 13.8. The van der Waals surface area contributed by atoms with E-state index >= 15 is 0 Å². The lowest BCUT2D eigenvalue weighted by Crippen LogP contribution is -2.53. The minimum atomic E-state index is -1.45. The van der Waals surface area contributed by atoms with Crippen molar-refractivity contribution in [1.82, 2.24) is 26.0 Å². The fraction of sp³-hybridized carbons (Fsp3) is 0.545. The molecule has 4 rings (SSSR count). The number of amides is 2. The van der Waals surface area contributed by atoms with Gasteiger partial charge in [-0.15, -0.1) is 0 Å². The van der Waals surface area contributed by atoms with Gasteiger partial charge in [0.1, 0.15) is 11.9 Å². The summed E-state index contributed by atoms with van der Waals surface area (Å²) < 4.78 is 16.3. The third kappa shape index (κ3) is 11.4. The fourth-order valence-electron chi connectivity index (χ4n) is 5.97. The number of nitrogens with one attached hydrogen (secondary N) is 6. The molecule has 0 bridgehead atoms. The molecule has 3 unspecified atom stereocenters. The molecule has 0 spiro atoms. The van der Waals surface area contributed by atoms with Crippen LogP contribution >= 0.6 is 0 Å². The molecule has 2 saturated heterocycles. The molecule has 0 aliphatic carbocycles. The second-order valence-corrected chi connectivity index (χ2v) is 13.3. The van der Waals surface area contributed by atoms with E-state index in [1.165, 1.54) is 0 Å². The highest BCUT2D eigenvalue weighted by atomic mass is 32.2. The van der Waals surface area contributed by atoms with Gasteiger partial charge in [-0.1, -0.05) is 54.6 Å². The third-order valence-corrected chi connectivity index (χ3v) is 9.88. The first kappa shape index (κ1) is 33.8. The fourth-order valence-corrected chi connectivity index (χ4v) is 7.09. The molecule has 2 heterocycles. The van der Waals surface area contributed by atoms with Gasteiger partial charge < -0.3 is 27.0 Å². The van der Waals surface area contributed by atoms with E-state index in [0.29, 0.717) is 42.5 Å². The maximum atomic E-state index is 13.8. The van der Waals surface area contributed by atoms with Crippen molar-refractivity contribution in [2.75, 3.05) is 26.2 Å². The summed E-state index contributed by atoms with van der Waals surface area (Å²) >= 11 is 0. The summed E-state index contributed by atoms with van der Waals surface area (Å²) in [6.07, 6.45) is 7.05. The Morgan fingerprint density at radius 2 is 1.39 bits per heavy atom. The van der Waals surface area contributed by atoms with Gasteiger partial charge >= 0.3 is 0 Å². The highest BCUT2D eigenvalue weighted by Gasteiger charge is 2.28. The van der Waals surface area contributed by atoms with Crippen LogP contribution in [0.4, 0.5) is 0 Å². The number of hydrogen-bond acceptors (Lipinski definition) is 6. The molecular formula is C33H49N7O3S. The summed E-state index contributed by atoms with van der Waals surface area (Å²) in [6.45, 7) is 4.20. The quantitative estimate of drug-likeness (QED) is 0.112. The number of amidine groups is 1. The first-order chi connectivity index (χ1) is 21.4. The smallest absolute Gasteiger partial charge is 0.242 e. The van der Waals surface area contributed by atoms with E-state index in [1.807, 2.05) is 42.5 Å². The molecule has 11 heteroatoms. The van der Waals surface area contributed by atoms with Gasteiger partial charge in [0.25, 0.3) is 0 Å². The van der Waals surface area contributed by atoms with Crippen LogP contribution in [0, 0.1) is 17.2 Å². The SMILES string of the molecule is N=C(N)c1ccc(CNC(=O)C(CCC2CCNCC2)NC(=O)C(CCC2CCNCC2)NS(=O)Cc2ccccc2)cc1. The Balaban J connectivity index is 1.42. The van der Waals surface area contributed by atoms with Gasteiger partial charge in [0, 0.05) is 12.1 Å². The Morgan fingerprint density at radius 3 is 1.95 bits per heavy atom. The van der Waals surface area contributed by atoms with Crippen LogP contribution in [0.1, 0.15) is 68.1 Å². The number of carbonyl (C=O) groups excluding carboxylic acids is 2. The van der Waals surface area contributed by atoms with Crippen molar-refractivity contribution in [2.24, 2.45) is 17.6 Å². The minimum Gasteiger partial charge on any atom is -0.384 e. The first-order valence-corrected chi connectivity index (χ1v) is 17.3. The summed E-state index contributed by atoms with van der Waals surface area (Å²) in [4.78, 5) is 27.3. The number of hydrogen-bond donors (Lipinski definition) is 7. The molecule has 240 valence electrons. The lowest BCUT2D eigenvalue weighted by molar-refractivity contribution is -0.130. The van der Waals surface area contributed by atoms with Gasteiger partial charge in [0.05, 0.1) is 22.8 Å². The van der Waals surface area contributed by atoms with E-state index in [4.69, 9.17) is 11.1 Å². The van der Waals surface area contributed by atoms with E-state index in [9.17, 15) is 13.8 Å². The molecule has 2 aromatic carbocycles. The zero-order valence-corrected chi connectivity index (χ0v) is 26.4. The van der Waals surface area contributed by atoms with Crippen LogP contribution in [0.3, 0.4) is 0 Å². The summed E-state index contributed by atoms with van der Waals surface area (Å²) in [5, 5.41) is 20.4. The molecule has 0 saturated carbocycles. The van der Waals surface area contributed by atoms with Crippen LogP contribution in [-0.4, -0.2) is 60.1 Å². The number of nitrogen functional groups attached to an aromatic ring is 1. The lowest BCUT2D eigenvalue weighted by atomic mass is 9.90. The number of benzene rings is 2. The van der Waals surface area contributed by atoms with Crippen molar-refractivity contribution in [1.29, 1.82) is 5.41 Å². The van der Waals surface area contributed by atoms with Crippen LogP contribution in [0.25, 0.3) is 0 Å². The minimum absolute atomic E-state index is 0.00529. The molecule has 2 aliphatic rings. The van der Waals surface area contributed by atoms with Gasteiger partial charge in [-0.2, -0.15) is 0 Å². The summed E-state index contributed by atoms with van der Waals surface area (Å²) in [5.74, 6) is 0.815. The van der Waals surface area contributed by atoms with E-state index in [1.54, 1.807) is 12.1 Å². The molecule has 10 nitrogen and oxygen atoms in total. The van der Waals surface area contributed by atoms with Crippen molar-refractivity contribution >= 4 is 28.6 Å². The van der Waals surface area contributed by atoms with Crippen molar-refractivity contribution in [3.05, 3.63) is 71.3 Å². The largest absolute Gasteiger partial charge is 0.384 e. The molecule has 2 aliphatic heterocycles. The molecule has 0 radical (unpaired) electrons. The Hall–Kier alpha value is -3.12. The monoisotopic (exact) mass is 623 g/mol. The molecule has 2 aromatic rings. The number of piperidine rings is 2. The van der Waals surface area contributed by atoms with E-state index in [-0.39, 0.29) is 17.6 Å². The Labute approximate surface area is 264 Å². The summed E-state index contributed by atoms with van der Waals surface area (Å²) in [7, 11) is -1.45. The van der Waals surface area contributed by atoms with Gasteiger partial charge in [0.2, 0.25) is 11.8 Å². The maximum Gasteiger partial charge on any atom is 0.242 e. The molecule has 3 atom stereocenters. The molecule has 44 heavy (non-hydrogen) atoms.